The highest BCUT2D eigenvalue weighted by Gasteiger charge is 2.43. The lowest BCUT2D eigenvalue weighted by Crippen LogP contribution is -2.25. The van der Waals surface area contributed by atoms with Gasteiger partial charge in [-0.1, -0.05) is 24.3 Å². The number of phenolic OH excluding ortho intramolecular Hbond substituents is 3. The van der Waals surface area contributed by atoms with Gasteiger partial charge < -0.3 is 15.3 Å². The molecular weight excluding hydrogens is 320 g/mol. The van der Waals surface area contributed by atoms with Crippen molar-refractivity contribution in [1.29, 1.82) is 0 Å². The third kappa shape index (κ3) is 1.58. The Balaban J connectivity index is 1.89. The number of ketones is 2. The van der Waals surface area contributed by atoms with Crippen LogP contribution in [0.1, 0.15) is 67.6 Å². The number of carbonyl (C=O) groups is 2. The monoisotopic (exact) mass is 334 g/mol. The molecule has 2 aromatic rings. The molecule has 5 heteroatoms. The molecule has 2 atom stereocenters. The number of hydrogen-bond donors (Lipinski definition) is 3. The van der Waals surface area contributed by atoms with E-state index in [1.54, 1.807) is 0 Å². The van der Waals surface area contributed by atoms with Gasteiger partial charge in [0.2, 0.25) is 5.78 Å². The molecule has 0 saturated carbocycles. The number of allylic oxidation sites excluding steroid dienone is 2. The molecule has 2 bridgehead atoms. The maximum atomic E-state index is 12.9. The summed E-state index contributed by atoms with van der Waals surface area (Å²) in [6.07, 6.45) is 5.61. The predicted molar refractivity (Wildman–Crippen MR) is 88.6 cm³/mol. The summed E-state index contributed by atoms with van der Waals surface area (Å²) in [7, 11) is 0. The second-order valence-corrected chi connectivity index (χ2v) is 6.81. The number of fused-ring (bicyclic) bond motifs is 3. The average Bonchev–Trinajstić information content (AvgIpc) is 2.62. The lowest BCUT2D eigenvalue weighted by molar-refractivity contribution is 0.0971. The second kappa shape index (κ2) is 4.51. The first-order valence-electron chi connectivity index (χ1n) is 8.22. The Morgan fingerprint density at radius 3 is 1.88 bits per heavy atom. The van der Waals surface area contributed by atoms with Crippen LogP contribution in [0.5, 0.6) is 17.2 Å². The molecule has 3 N–H and O–H groups in total. The number of carbonyl (C=O) groups excluding carboxylic acids is 2. The van der Waals surface area contributed by atoms with Crippen molar-refractivity contribution in [1.82, 2.24) is 0 Å². The van der Waals surface area contributed by atoms with Crippen LogP contribution in [0.15, 0.2) is 30.4 Å². The van der Waals surface area contributed by atoms with Gasteiger partial charge in [0.1, 0.15) is 17.2 Å². The van der Waals surface area contributed by atoms with Crippen LogP contribution >= 0.6 is 0 Å². The second-order valence-electron chi connectivity index (χ2n) is 6.81. The van der Waals surface area contributed by atoms with Gasteiger partial charge in [-0.25, -0.2) is 0 Å². The molecule has 0 aromatic heterocycles. The van der Waals surface area contributed by atoms with Crippen molar-refractivity contribution in [2.24, 2.45) is 0 Å². The van der Waals surface area contributed by atoms with Gasteiger partial charge in [0, 0.05) is 28.5 Å². The molecule has 2 unspecified atom stereocenters. The number of benzene rings is 2. The lowest BCUT2D eigenvalue weighted by Gasteiger charge is -2.36. The zero-order valence-electron chi connectivity index (χ0n) is 13.1. The van der Waals surface area contributed by atoms with Crippen LogP contribution in [-0.2, 0) is 0 Å². The minimum atomic E-state index is -0.635. The Hall–Kier alpha value is -3.08. The van der Waals surface area contributed by atoms with Crippen molar-refractivity contribution in [2.75, 3.05) is 0 Å². The van der Waals surface area contributed by atoms with Crippen LogP contribution < -0.4 is 0 Å². The number of phenols is 3. The van der Waals surface area contributed by atoms with E-state index in [2.05, 4.69) is 0 Å². The van der Waals surface area contributed by atoms with Crippen molar-refractivity contribution < 1.29 is 24.9 Å². The maximum Gasteiger partial charge on any atom is 0.202 e. The minimum absolute atomic E-state index is 0.0451. The zero-order valence-corrected chi connectivity index (χ0v) is 13.1. The van der Waals surface area contributed by atoms with E-state index in [-0.39, 0.29) is 51.3 Å². The summed E-state index contributed by atoms with van der Waals surface area (Å²) in [5.41, 5.74) is 0.668. The van der Waals surface area contributed by atoms with Gasteiger partial charge in [-0.3, -0.25) is 9.59 Å². The normalized spacial score (nSPS) is 22.6. The Morgan fingerprint density at radius 2 is 1.32 bits per heavy atom. The molecule has 124 valence electrons. The van der Waals surface area contributed by atoms with E-state index in [1.165, 1.54) is 18.2 Å². The zero-order chi connectivity index (χ0) is 17.5. The molecule has 0 saturated heterocycles. The van der Waals surface area contributed by atoms with Crippen LogP contribution in [0.25, 0.3) is 0 Å². The van der Waals surface area contributed by atoms with Crippen LogP contribution in [0.2, 0.25) is 0 Å². The average molecular weight is 334 g/mol. The van der Waals surface area contributed by atoms with Gasteiger partial charge in [-0.05, 0) is 18.9 Å². The van der Waals surface area contributed by atoms with E-state index in [0.717, 1.165) is 12.8 Å². The van der Waals surface area contributed by atoms with Gasteiger partial charge in [0.05, 0.1) is 16.7 Å². The van der Waals surface area contributed by atoms with E-state index in [1.807, 2.05) is 12.2 Å². The van der Waals surface area contributed by atoms with E-state index < -0.39 is 11.6 Å². The van der Waals surface area contributed by atoms with Gasteiger partial charge in [0.15, 0.2) is 5.78 Å². The third-order valence-electron chi connectivity index (χ3n) is 5.60. The third-order valence-corrected chi connectivity index (χ3v) is 5.60. The van der Waals surface area contributed by atoms with Crippen LogP contribution in [-0.4, -0.2) is 26.9 Å². The molecule has 5 nitrogen and oxygen atoms in total. The Bertz CT molecular complexity index is 1030. The van der Waals surface area contributed by atoms with Gasteiger partial charge >= 0.3 is 0 Å². The van der Waals surface area contributed by atoms with Crippen molar-refractivity contribution in [3.05, 3.63) is 63.7 Å². The minimum Gasteiger partial charge on any atom is -0.507 e. The standard InChI is InChI=1S/C20H14O5/c21-11-3-1-2-10-14(11)20(25)16-15(17(10)22)18(23)12-8-4-6-9(7-5-8)13(12)19(16)24/h1-4,6,8-9,21,23-24H,5,7H2. The first-order chi connectivity index (χ1) is 12.0. The van der Waals surface area contributed by atoms with E-state index in [9.17, 15) is 24.9 Å². The maximum absolute atomic E-state index is 12.9. The van der Waals surface area contributed by atoms with Crippen molar-refractivity contribution in [3.8, 4) is 17.2 Å². The molecule has 0 radical (unpaired) electrons. The quantitative estimate of drug-likeness (QED) is 0.434. The molecule has 4 aliphatic carbocycles. The number of hydrogen-bond acceptors (Lipinski definition) is 5. The largest absolute Gasteiger partial charge is 0.507 e. The summed E-state index contributed by atoms with van der Waals surface area (Å²) in [4.78, 5) is 25.9. The van der Waals surface area contributed by atoms with Crippen LogP contribution in [0, 0.1) is 0 Å². The first kappa shape index (κ1) is 14.3. The van der Waals surface area contributed by atoms with Crippen molar-refractivity contribution in [3.63, 3.8) is 0 Å². The smallest absolute Gasteiger partial charge is 0.202 e. The Labute approximate surface area is 142 Å². The summed E-state index contributed by atoms with van der Waals surface area (Å²) < 4.78 is 0. The number of rotatable bonds is 0. The van der Waals surface area contributed by atoms with Crippen molar-refractivity contribution >= 4 is 11.6 Å². The van der Waals surface area contributed by atoms with Gasteiger partial charge in [-0.2, -0.15) is 0 Å². The van der Waals surface area contributed by atoms with Crippen LogP contribution in [0.3, 0.4) is 0 Å². The molecule has 2 aromatic carbocycles. The number of aromatic hydroxyl groups is 3. The molecular formula is C20H14O5. The fraction of sp³-hybridized carbons (Fsp3) is 0.200. The topological polar surface area (TPSA) is 94.8 Å². The molecule has 6 rings (SSSR count). The molecule has 0 amide bonds. The predicted octanol–water partition coefficient (Wildman–Crippen LogP) is 3.11. The summed E-state index contributed by atoms with van der Waals surface area (Å²) >= 11 is 0. The molecule has 0 spiro atoms. The fourth-order valence-electron chi connectivity index (χ4n) is 4.48. The van der Waals surface area contributed by atoms with E-state index in [0.29, 0.717) is 11.1 Å². The lowest BCUT2D eigenvalue weighted by atomic mass is 9.68. The Morgan fingerprint density at radius 1 is 0.760 bits per heavy atom. The van der Waals surface area contributed by atoms with E-state index in [4.69, 9.17) is 0 Å². The Kier molecular flexibility index (Phi) is 2.57. The molecule has 0 heterocycles. The highest BCUT2D eigenvalue weighted by molar-refractivity contribution is 6.31. The summed E-state index contributed by atoms with van der Waals surface area (Å²) in [6, 6.07) is 4.25. The molecule has 0 aliphatic heterocycles. The summed E-state index contributed by atoms with van der Waals surface area (Å²) in [5, 5.41) is 31.7. The summed E-state index contributed by atoms with van der Waals surface area (Å²) in [5.74, 6) is -2.09. The fourth-order valence-corrected chi connectivity index (χ4v) is 4.48. The molecule has 25 heavy (non-hydrogen) atoms. The van der Waals surface area contributed by atoms with Gasteiger partial charge in [0.25, 0.3) is 0 Å². The molecule has 4 aliphatic rings. The van der Waals surface area contributed by atoms with E-state index >= 15 is 0 Å². The highest BCUT2D eigenvalue weighted by Crippen LogP contribution is 2.55. The van der Waals surface area contributed by atoms with Gasteiger partial charge in [-0.15, -0.1) is 0 Å². The first-order valence-corrected chi connectivity index (χ1v) is 8.22. The molecule has 0 fully saturated rings. The summed E-state index contributed by atoms with van der Waals surface area (Å²) in [6.45, 7) is 0. The van der Waals surface area contributed by atoms with Crippen LogP contribution in [0.4, 0.5) is 0 Å². The SMILES string of the molecule is O=C1c2cccc(O)c2C(=O)c2c(O)c3c(c(O)c21)C1C=CC3CC1. The highest BCUT2D eigenvalue weighted by atomic mass is 16.3. The van der Waals surface area contributed by atoms with Crippen molar-refractivity contribution in [2.45, 2.75) is 24.7 Å².